The molecule has 1 atom stereocenters. The zero-order chi connectivity index (χ0) is 20.2. The first kappa shape index (κ1) is 18.0. The third kappa shape index (κ3) is 2.67. The first-order chi connectivity index (χ1) is 14.7. The molecule has 1 unspecified atom stereocenters. The molecule has 0 aliphatic heterocycles. The molecule has 0 aromatic heterocycles. The minimum Gasteiger partial charge on any atom is -0.398 e. The van der Waals surface area contributed by atoms with Crippen molar-refractivity contribution in [2.45, 2.75) is 25.2 Å². The maximum atomic E-state index is 6.63. The van der Waals surface area contributed by atoms with Crippen LogP contribution in [0.3, 0.4) is 0 Å². The van der Waals surface area contributed by atoms with Gasteiger partial charge in [-0.2, -0.15) is 0 Å². The third-order valence-electron chi connectivity index (χ3n) is 6.87. The molecule has 0 radical (unpaired) electrons. The van der Waals surface area contributed by atoms with Crippen molar-refractivity contribution >= 4 is 53.9 Å². The van der Waals surface area contributed by atoms with Crippen LogP contribution in [0.2, 0.25) is 0 Å². The molecule has 2 heteroatoms. The van der Waals surface area contributed by atoms with E-state index in [0.717, 1.165) is 29.4 Å². The summed E-state index contributed by atoms with van der Waals surface area (Å²) < 4.78 is 1.16. The lowest BCUT2D eigenvalue weighted by Crippen LogP contribution is -2.14. The minimum absolute atomic E-state index is 0.481. The quantitative estimate of drug-likeness (QED) is 0.204. The Morgan fingerprint density at radius 3 is 2.40 bits per heavy atom. The molecule has 1 aliphatic rings. The highest BCUT2D eigenvalue weighted by molar-refractivity contribution is 9.10. The van der Waals surface area contributed by atoms with Gasteiger partial charge in [-0.15, -0.1) is 0 Å². The van der Waals surface area contributed by atoms with Crippen molar-refractivity contribution in [3.63, 3.8) is 0 Å². The Balaban J connectivity index is 1.45. The average Bonchev–Trinajstić information content (AvgIpc) is 2.79. The van der Waals surface area contributed by atoms with Crippen molar-refractivity contribution in [3.8, 4) is 0 Å². The fraction of sp³-hybridized carbons (Fsp3) is 0.143. The number of hydrogen-bond acceptors (Lipinski definition) is 1. The SMILES string of the molecule is Nc1c(C2CCc3c(ccc4c3ccc3c(Br)cccc34)C2)ccc2ccccc12. The second-order valence-electron chi connectivity index (χ2n) is 8.43. The molecule has 1 aliphatic carbocycles. The van der Waals surface area contributed by atoms with Crippen molar-refractivity contribution in [1.82, 2.24) is 0 Å². The van der Waals surface area contributed by atoms with E-state index in [9.17, 15) is 0 Å². The molecule has 0 bridgehead atoms. The van der Waals surface area contributed by atoms with Gasteiger partial charge in [-0.25, -0.2) is 0 Å². The van der Waals surface area contributed by atoms with E-state index in [0.29, 0.717) is 5.92 Å². The van der Waals surface area contributed by atoms with Gasteiger partial charge in [-0.05, 0) is 74.9 Å². The largest absolute Gasteiger partial charge is 0.398 e. The van der Waals surface area contributed by atoms with Gasteiger partial charge in [0, 0.05) is 15.5 Å². The number of nitrogens with two attached hydrogens (primary N) is 1. The normalized spacial score (nSPS) is 16.2. The summed E-state index contributed by atoms with van der Waals surface area (Å²) in [6.45, 7) is 0. The van der Waals surface area contributed by atoms with Crippen LogP contribution in [-0.2, 0) is 12.8 Å². The van der Waals surface area contributed by atoms with Crippen LogP contribution in [-0.4, -0.2) is 0 Å². The van der Waals surface area contributed by atoms with Gasteiger partial charge >= 0.3 is 0 Å². The third-order valence-corrected chi connectivity index (χ3v) is 7.56. The van der Waals surface area contributed by atoms with Gasteiger partial charge in [0.05, 0.1) is 0 Å². The van der Waals surface area contributed by atoms with Crippen LogP contribution in [0, 0.1) is 0 Å². The summed E-state index contributed by atoms with van der Waals surface area (Å²) in [5, 5.41) is 7.77. The maximum absolute atomic E-state index is 6.63. The zero-order valence-corrected chi connectivity index (χ0v) is 18.2. The Morgan fingerprint density at radius 2 is 1.47 bits per heavy atom. The van der Waals surface area contributed by atoms with Gasteiger partial charge in [0.15, 0.2) is 0 Å². The lowest BCUT2D eigenvalue weighted by atomic mass is 9.77. The molecule has 30 heavy (non-hydrogen) atoms. The Hall–Kier alpha value is -2.84. The van der Waals surface area contributed by atoms with E-state index in [-0.39, 0.29) is 0 Å². The zero-order valence-electron chi connectivity index (χ0n) is 16.7. The predicted molar refractivity (Wildman–Crippen MR) is 132 cm³/mol. The summed E-state index contributed by atoms with van der Waals surface area (Å²) in [6.07, 6.45) is 3.30. The maximum Gasteiger partial charge on any atom is 0.0429 e. The van der Waals surface area contributed by atoms with Crippen molar-refractivity contribution in [3.05, 3.63) is 100 Å². The molecule has 2 N–H and O–H groups in total. The molecular weight excluding hydrogens is 430 g/mol. The standard InChI is InChI=1S/C28H22BrN/c29-27-7-3-6-23-25-13-10-18-16-19(9-11-20(18)24(25)14-15-26(23)27)22-12-8-17-4-1-2-5-21(17)28(22)30/h1-8,10,12-15,19H,9,11,16,30H2. The molecule has 1 nitrogen and oxygen atoms in total. The minimum atomic E-state index is 0.481. The number of aryl methyl sites for hydroxylation is 1. The van der Waals surface area contributed by atoms with Crippen LogP contribution in [0.15, 0.2) is 83.3 Å². The first-order valence-electron chi connectivity index (χ1n) is 10.6. The Morgan fingerprint density at radius 1 is 0.700 bits per heavy atom. The monoisotopic (exact) mass is 451 g/mol. The van der Waals surface area contributed by atoms with Crippen LogP contribution in [0.5, 0.6) is 0 Å². The summed E-state index contributed by atoms with van der Waals surface area (Å²) >= 11 is 3.70. The first-order valence-corrected chi connectivity index (χ1v) is 11.4. The summed E-state index contributed by atoms with van der Waals surface area (Å²) in [5.74, 6) is 0.481. The van der Waals surface area contributed by atoms with Gasteiger partial charge < -0.3 is 5.73 Å². The van der Waals surface area contributed by atoms with Gasteiger partial charge in [-0.3, -0.25) is 0 Å². The summed E-state index contributed by atoms with van der Waals surface area (Å²) in [7, 11) is 0. The van der Waals surface area contributed by atoms with E-state index in [1.54, 1.807) is 0 Å². The number of rotatable bonds is 1. The van der Waals surface area contributed by atoms with Crippen molar-refractivity contribution in [2.24, 2.45) is 0 Å². The number of halogens is 1. The highest BCUT2D eigenvalue weighted by Crippen LogP contribution is 2.41. The molecule has 0 saturated heterocycles. The number of hydrogen-bond donors (Lipinski definition) is 1. The molecule has 0 heterocycles. The number of anilines is 1. The van der Waals surface area contributed by atoms with Crippen LogP contribution in [0.25, 0.3) is 32.3 Å². The Labute approximate surface area is 184 Å². The van der Waals surface area contributed by atoms with Crippen LogP contribution < -0.4 is 5.73 Å². The molecule has 6 rings (SSSR count). The molecule has 5 aromatic carbocycles. The average molecular weight is 452 g/mol. The van der Waals surface area contributed by atoms with E-state index < -0.39 is 0 Å². The van der Waals surface area contributed by atoms with Gasteiger partial charge in [0.2, 0.25) is 0 Å². The molecule has 0 amide bonds. The molecule has 0 fully saturated rings. The fourth-order valence-electron chi connectivity index (χ4n) is 5.35. The number of fused-ring (bicyclic) bond motifs is 6. The summed E-state index contributed by atoms with van der Waals surface area (Å²) in [4.78, 5) is 0. The summed E-state index contributed by atoms with van der Waals surface area (Å²) in [6, 6.07) is 28.6. The Kier molecular flexibility index (Phi) is 4.10. The topological polar surface area (TPSA) is 26.0 Å². The van der Waals surface area contributed by atoms with Gasteiger partial charge in [-0.1, -0.05) is 88.7 Å². The van der Waals surface area contributed by atoms with E-state index in [4.69, 9.17) is 5.73 Å². The fourth-order valence-corrected chi connectivity index (χ4v) is 5.85. The van der Waals surface area contributed by atoms with Crippen molar-refractivity contribution in [1.29, 1.82) is 0 Å². The van der Waals surface area contributed by atoms with Gasteiger partial charge in [0.25, 0.3) is 0 Å². The van der Waals surface area contributed by atoms with Crippen molar-refractivity contribution in [2.75, 3.05) is 5.73 Å². The molecular formula is C28H22BrN. The number of benzene rings is 5. The van der Waals surface area contributed by atoms with Crippen LogP contribution >= 0.6 is 15.9 Å². The highest BCUT2D eigenvalue weighted by atomic mass is 79.9. The molecule has 0 spiro atoms. The molecule has 0 saturated carbocycles. The van der Waals surface area contributed by atoms with E-state index >= 15 is 0 Å². The second-order valence-corrected chi connectivity index (χ2v) is 9.28. The Bertz CT molecular complexity index is 1450. The highest BCUT2D eigenvalue weighted by Gasteiger charge is 2.24. The van der Waals surface area contributed by atoms with E-state index in [2.05, 4.69) is 94.8 Å². The van der Waals surface area contributed by atoms with E-state index in [1.165, 1.54) is 49.0 Å². The van der Waals surface area contributed by atoms with Gasteiger partial charge in [0.1, 0.15) is 0 Å². The summed E-state index contributed by atoms with van der Waals surface area (Å²) in [5.41, 5.74) is 11.9. The lowest BCUT2D eigenvalue weighted by Gasteiger charge is -2.28. The second kappa shape index (κ2) is 6.85. The van der Waals surface area contributed by atoms with Crippen LogP contribution in [0.4, 0.5) is 5.69 Å². The lowest BCUT2D eigenvalue weighted by molar-refractivity contribution is 0.590. The smallest absolute Gasteiger partial charge is 0.0429 e. The van der Waals surface area contributed by atoms with Crippen molar-refractivity contribution < 1.29 is 0 Å². The predicted octanol–water partition coefficient (Wildman–Crippen LogP) is 7.76. The molecule has 5 aromatic rings. The number of nitrogen functional groups attached to an aromatic ring is 1. The van der Waals surface area contributed by atoms with E-state index in [1.807, 2.05) is 0 Å². The van der Waals surface area contributed by atoms with Crippen LogP contribution in [0.1, 0.15) is 29.0 Å². The molecule has 146 valence electrons.